The number of nitrogens with zero attached hydrogens (tertiary/aromatic N) is 1. The van der Waals surface area contributed by atoms with Crippen molar-refractivity contribution in [3.63, 3.8) is 0 Å². The minimum absolute atomic E-state index is 0.835. The van der Waals surface area contributed by atoms with Crippen LogP contribution in [0, 0.1) is 0 Å². The normalized spacial score (nSPS) is 20.1. The molecule has 1 aliphatic rings. The summed E-state index contributed by atoms with van der Waals surface area (Å²) in [5, 5.41) is 3.29. The minimum atomic E-state index is 0.835. The van der Waals surface area contributed by atoms with Crippen molar-refractivity contribution >= 4 is 0 Å². The molecule has 1 heterocycles. The van der Waals surface area contributed by atoms with Crippen LogP contribution in [-0.2, 0) is 0 Å². The van der Waals surface area contributed by atoms with E-state index >= 15 is 0 Å². The quantitative estimate of drug-likeness (QED) is 0.526. The lowest BCUT2D eigenvalue weighted by Crippen LogP contribution is -2.23. The van der Waals surface area contributed by atoms with Crippen LogP contribution >= 0.6 is 0 Å². The molecular weight excluding hydrogens is 126 g/mol. The topological polar surface area (TPSA) is 41.3 Å². The van der Waals surface area contributed by atoms with Crippen LogP contribution in [0.5, 0.6) is 0 Å². The van der Waals surface area contributed by atoms with Gasteiger partial charge in [0.05, 0.1) is 0 Å². The first-order valence-electron chi connectivity index (χ1n) is 4.06. The lowest BCUT2D eigenvalue weighted by Gasteiger charge is -2.12. The van der Waals surface area contributed by atoms with Gasteiger partial charge in [0.25, 0.3) is 0 Å². The summed E-state index contributed by atoms with van der Waals surface area (Å²) in [6, 6.07) is 0. The summed E-state index contributed by atoms with van der Waals surface area (Å²) >= 11 is 0. The van der Waals surface area contributed by atoms with Crippen molar-refractivity contribution < 1.29 is 0 Å². The third kappa shape index (κ3) is 2.64. The molecule has 0 amide bonds. The number of hydrogen-bond donors (Lipinski definition) is 2. The fraction of sp³-hybridized carbons (Fsp3) is 1.00. The fourth-order valence-electron chi connectivity index (χ4n) is 1.22. The molecule has 0 atom stereocenters. The summed E-state index contributed by atoms with van der Waals surface area (Å²) in [7, 11) is 0. The molecule has 0 aromatic carbocycles. The highest BCUT2D eigenvalue weighted by atomic mass is 15.3. The van der Waals surface area contributed by atoms with Crippen LogP contribution < -0.4 is 11.1 Å². The zero-order chi connectivity index (χ0) is 7.23. The number of unbranched alkanes of at least 4 members (excludes halogenated alkanes) is 1. The van der Waals surface area contributed by atoms with E-state index in [9.17, 15) is 0 Å². The van der Waals surface area contributed by atoms with Gasteiger partial charge >= 0.3 is 0 Å². The summed E-state index contributed by atoms with van der Waals surface area (Å²) < 4.78 is 0. The maximum absolute atomic E-state index is 5.38. The predicted molar refractivity (Wildman–Crippen MR) is 42.7 cm³/mol. The van der Waals surface area contributed by atoms with Gasteiger partial charge in [-0.25, -0.2) is 0 Å². The van der Waals surface area contributed by atoms with E-state index in [1.54, 1.807) is 0 Å². The Bertz CT molecular complexity index is 78.9. The van der Waals surface area contributed by atoms with Gasteiger partial charge in [0.2, 0.25) is 0 Å². The first-order chi connectivity index (χ1) is 4.93. The van der Waals surface area contributed by atoms with E-state index in [2.05, 4.69) is 10.2 Å². The molecule has 3 nitrogen and oxygen atoms in total. The molecule has 0 radical (unpaired) electrons. The van der Waals surface area contributed by atoms with Crippen molar-refractivity contribution in [3.8, 4) is 0 Å². The highest BCUT2D eigenvalue weighted by Gasteiger charge is 2.08. The Morgan fingerprint density at radius 2 is 2.30 bits per heavy atom. The minimum Gasteiger partial charge on any atom is -0.330 e. The molecule has 10 heavy (non-hydrogen) atoms. The lowest BCUT2D eigenvalue weighted by molar-refractivity contribution is 0.327. The predicted octanol–water partition coefficient (Wildman–Crippen LogP) is -0.412. The van der Waals surface area contributed by atoms with E-state index in [1.165, 1.54) is 19.5 Å². The number of nitrogens with two attached hydrogens (primary N) is 1. The Morgan fingerprint density at radius 3 is 2.90 bits per heavy atom. The average molecular weight is 143 g/mol. The second-order valence-electron chi connectivity index (χ2n) is 2.77. The summed E-state index contributed by atoms with van der Waals surface area (Å²) in [4.78, 5) is 2.43. The Morgan fingerprint density at radius 1 is 1.40 bits per heavy atom. The van der Waals surface area contributed by atoms with Crippen molar-refractivity contribution in [3.05, 3.63) is 0 Å². The van der Waals surface area contributed by atoms with E-state index in [0.717, 1.165) is 26.2 Å². The van der Waals surface area contributed by atoms with Crippen molar-refractivity contribution in [1.82, 2.24) is 10.2 Å². The number of hydrogen-bond acceptors (Lipinski definition) is 3. The zero-order valence-corrected chi connectivity index (χ0v) is 6.47. The Hall–Kier alpha value is -0.120. The Kier molecular flexibility index (Phi) is 3.72. The molecule has 60 valence electrons. The van der Waals surface area contributed by atoms with E-state index in [1.807, 2.05) is 0 Å². The molecule has 0 aromatic rings. The first-order valence-corrected chi connectivity index (χ1v) is 4.06. The monoisotopic (exact) mass is 143 g/mol. The van der Waals surface area contributed by atoms with Gasteiger partial charge in [-0.05, 0) is 25.9 Å². The molecular formula is C7H17N3. The number of nitrogens with one attached hydrogen (secondary N) is 1. The second-order valence-corrected chi connectivity index (χ2v) is 2.77. The molecule has 0 aliphatic carbocycles. The highest BCUT2D eigenvalue weighted by molar-refractivity contribution is 4.65. The van der Waals surface area contributed by atoms with Crippen LogP contribution in [0.3, 0.4) is 0 Å². The van der Waals surface area contributed by atoms with E-state index in [4.69, 9.17) is 5.73 Å². The summed E-state index contributed by atoms with van der Waals surface area (Å²) in [6.07, 6.45) is 2.41. The molecule has 1 saturated heterocycles. The van der Waals surface area contributed by atoms with Gasteiger partial charge in [-0.2, -0.15) is 0 Å². The first kappa shape index (κ1) is 7.98. The molecule has 0 bridgehead atoms. The smallest absolute Gasteiger partial charge is 0.0481 e. The molecule has 0 spiro atoms. The van der Waals surface area contributed by atoms with Crippen LogP contribution in [0.25, 0.3) is 0 Å². The Balaban J connectivity index is 1.91. The molecule has 0 unspecified atom stereocenters. The van der Waals surface area contributed by atoms with Gasteiger partial charge in [-0.15, -0.1) is 0 Å². The molecule has 0 saturated carbocycles. The highest BCUT2D eigenvalue weighted by Crippen LogP contribution is 1.95. The van der Waals surface area contributed by atoms with Crippen molar-refractivity contribution in [2.45, 2.75) is 12.8 Å². The van der Waals surface area contributed by atoms with Crippen LogP contribution in [0.2, 0.25) is 0 Å². The third-order valence-corrected chi connectivity index (χ3v) is 1.87. The fourth-order valence-corrected chi connectivity index (χ4v) is 1.22. The molecule has 1 fully saturated rings. The van der Waals surface area contributed by atoms with Crippen LogP contribution in [0.4, 0.5) is 0 Å². The van der Waals surface area contributed by atoms with Gasteiger partial charge in [0.1, 0.15) is 0 Å². The van der Waals surface area contributed by atoms with Gasteiger partial charge in [0.15, 0.2) is 0 Å². The summed E-state index contributed by atoms with van der Waals surface area (Å²) in [5.74, 6) is 0. The third-order valence-electron chi connectivity index (χ3n) is 1.87. The van der Waals surface area contributed by atoms with Crippen LogP contribution in [0.1, 0.15) is 12.8 Å². The largest absolute Gasteiger partial charge is 0.330 e. The number of rotatable bonds is 4. The second kappa shape index (κ2) is 4.66. The molecule has 3 heteroatoms. The maximum Gasteiger partial charge on any atom is 0.0481 e. The molecule has 3 N–H and O–H groups in total. The van der Waals surface area contributed by atoms with Crippen LogP contribution in [-0.4, -0.2) is 37.7 Å². The van der Waals surface area contributed by atoms with Gasteiger partial charge in [-0.3, -0.25) is 4.90 Å². The van der Waals surface area contributed by atoms with Gasteiger partial charge < -0.3 is 11.1 Å². The van der Waals surface area contributed by atoms with Gasteiger partial charge in [-0.1, -0.05) is 0 Å². The van der Waals surface area contributed by atoms with Crippen molar-refractivity contribution in [2.24, 2.45) is 5.73 Å². The Labute approximate surface area is 62.6 Å². The van der Waals surface area contributed by atoms with Crippen molar-refractivity contribution in [1.29, 1.82) is 0 Å². The standard InChI is InChI=1S/C7H17N3/c8-3-1-2-5-10-6-4-9-7-10/h9H,1-8H2. The lowest BCUT2D eigenvalue weighted by atomic mass is 10.3. The van der Waals surface area contributed by atoms with E-state index in [-0.39, 0.29) is 0 Å². The molecule has 1 aliphatic heterocycles. The van der Waals surface area contributed by atoms with Crippen molar-refractivity contribution in [2.75, 3.05) is 32.8 Å². The van der Waals surface area contributed by atoms with Crippen LogP contribution in [0.15, 0.2) is 0 Å². The van der Waals surface area contributed by atoms with E-state index < -0.39 is 0 Å². The SMILES string of the molecule is NCCCCN1CCNC1. The van der Waals surface area contributed by atoms with E-state index in [0.29, 0.717) is 0 Å². The summed E-state index contributed by atoms with van der Waals surface area (Å²) in [5.41, 5.74) is 5.38. The summed E-state index contributed by atoms with van der Waals surface area (Å²) in [6.45, 7) is 5.49. The maximum atomic E-state index is 5.38. The average Bonchev–Trinajstić information content (AvgIpc) is 2.41. The molecule has 1 rings (SSSR count). The van der Waals surface area contributed by atoms with Gasteiger partial charge in [0, 0.05) is 19.8 Å². The molecule has 0 aromatic heterocycles. The zero-order valence-electron chi connectivity index (χ0n) is 6.47.